The first-order valence-electron chi connectivity index (χ1n) is 9.25. The molecule has 2 aromatic rings. The summed E-state index contributed by atoms with van der Waals surface area (Å²) < 4.78 is 79.7. The molecule has 0 aromatic heterocycles. The van der Waals surface area contributed by atoms with Crippen molar-refractivity contribution in [2.75, 3.05) is 14.1 Å². The fraction of sp³-hybridized carbons (Fsp3) is 0.350. The molecule has 0 unspecified atom stereocenters. The topological polar surface area (TPSA) is 75.7 Å². The van der Waals surface area contributed by atoms with Crippen LogP contribution in [0.3, 0.4) is 0 Å². The van der Waals surface area contributed by atoms with Crippen LogP contribution in [0.4, 0.5) is 17.6 Å². The molecular weight excluding hydrogens is 440 g/mol. The minimum Gasteiger partial charge on any atom is -0.406 e. The summed E-state index contributed by atoms with van der Waals surface area (Å²) >= 11 is 0. The van der Waals surface area contributed by atoms with Crippen molar-refractivity contribution in [1.29, 1.82) is 0 Å². The maximum Gasteiger partial charge on any atom is 0.573 e. The van der Waals surface area contributed by atoms with Crippen LogP contribution in [0, 0.1) is 5.82 Å². The molecule has 11 heteroatoms. The second-order valence-corrected chi connectivity index (χ2v) is 9.51. The third kappa shape index (κ3) is 5.34. The second kappa shape index (κ2) is 8.46. The van der Waals surface area contributed by atoms with E-state index in [0.717, 1.165) is 22.0 Å². The number of hydrogen-bond acceptors (Lipinski definition) is 4. The summed E-state index contributed by atoms with van der Waals surface area (Å²) in [6.07, 6.45) is -3.62. The van der Waals surface area contributed by atoms with E-state index in [1.54, 1.807) is 12.1 Å². The molecule has 0 spiro atoms. The van der Waals surface area contributed by atoms with E-state index in [2.05, 4.69) is 10.1 Å². The molecule has 1 aliphatic carbocycles. The van der Waals surface area contributed by atoms with Gasteiger partial charge in [0.25, 0.3) is 5.91 Å². The molecule has 0 aliphatic heterocycles. The van der Waals surface area contributed by atoms with Crippen molar-refractivity contribution in [2.24, 2.45) is 0 Å². The minimum absolute atomic E-state index is 0.0129. The lowest BCUT2D eigenvalue weighted by molar-refractivity contribution is -0.274. The van der Waals surface area contributed by atoms with Gasteiger partial charge in [-0.2, -0.15) is 0 Å². The Kier molecular flexibility index (Phi) is 6.28. The molecule has 0 radical (unpaired) electrons. The monoisotopic (exact) mass is 460 g/mol. The van der Waals surface area contributed by atoms with Crippen LogP contribution in [0.5, 0.6) is 5.75 Å². The molecule has 0 bridgehead atoms. The first-order valence-corrected chi connectivity index (χ1v) is 10.7. The highest BCUT2D eigenvalue weighted by atomic mass is 32.2. The zero-order valence-corrected chi connectivity index (χ0v) is 17.4. The van der Waals surface area contributed by atoms with Gasteiger partial charge in [0.1, 0.15) is 16.5 Å². The molecule has 1 saturated carbocycles. The summed E-state index contributed by atoms with van der Waals surface area (Å²) in [5, 5.41) is 2.76. The Labute approximate surface area is 176 Å². The van der Waals surface area contributed by atoms with Crippen LogP contribution in [0.15, 0.2) is 47.4 Å². The number of rotatable bonds is 6. The maximum atomic E-state index is 14.0. The third-order valence-corrected chi connectivity index (χ3v) is 6.84. The fourth-order valence-corrected chi connectivity index (χ4v) is 4.24. The largest absolute Gasteiger partial charge is 0.573 e. The summed E-state index contributed by atoms with van der Waals surface area (Å²) in [7, 11) is -1.52. The summed E-state index contributed by atoms with van der Waals surface area (Å²) in [5.74, 6) is -1.73. The number of hydrogen-bond donors (Lipinski definition) is 1. The van der Waals surface area contributed by atoms with Crippen LogP contribution in [0.2, 0.25) is 0 Å². The molecule has 0 heterocycles. The number of carbonyl (C=O) groups is 1. The highest BCUT2D eigenvalue weighted by Crippen LogP contribution is 2.38. The van der Waals surface area contributed by atoms with E-state index < -0.39 is 33.0 Å². The highest BCUT2D eigenvalue weighted by molar-refractivity contribution is 7.89. The molecule has 168 valence electrons. The Morgan fingerprint density at radius 2 is 1.71 bits per heavy atom. The number of alkyl halides is 3. The lowest BCUT2D eigenvalue weighted by Gasteiger charge is -2.36. The van der Waals surface area contributed by atoms with E-state index in [9.17, 15) is 30.8 Å². The predicted molar refractivity (Wildman–Crippen MR) is 104 cm³/mol. The number of sulfonamides is 1. The van der Waals surface area contributed by atoms with Crippen LogP contribution in [0.1, 0.15) is 34.7 Å². The van der Waals surface area contributed by atoms with Gasteiger partial charge in [-0.3, -0.25) is 4.79 Å². The Bertz CT molecular complexity index is 1060. The SMILES string of the molecule is CN(C)S(=O)(=O)c1cc(C(=O)NC2CC(c3ccc(OC(F)(F)F)cc3)C2)ccc1F. The Balaban J connectivity index is 1.60. The van der Waals surface area contributed by atoms with E-state index in [1.807, 2.05) is 0 Å². The number of carbonyl (C=O) groups excluding carboxylic acids is 1. The smallest absolute Gasteiger partial charge is 0.406 e. The first-order chi connectivity index (χ1) is 14.4. The number of amides is 1. The molecule has 3 rings (SSSR count). The van der Waals surface area contributed by atoms with Crippen molar-refractivity contribution in [3.8, 4) is 5.75 Å². The van der Waals surface area contributed by atoms with Crippen molar-refractivity contribution in [2.45, 2.75) is 36.1 Å². The maximum absolute atomic E-state index is 14.0. The molecule has 1 fully saturated rings. The van der Waals surface area contributed by atoms with Crippen molar-refractivity contribution in [1.82, 2.24) is 9.62 Å². The molecule has 6 nitrogen and oxygen atoms in total. The van der Waals surface area contributed by atoms with Crippen LogP contribution in [-0.2, 0) is 10.0 Å². The average Bonchev–Trinajstić information content (AvgIpc) is 2.64. The summed E-state index contributed by atoms with van der Waals surface area (Å²) in [5.41, 5.74) is 0.833. The van der Waals surface area contributed by atoms with E-state index >= 15 is 0 Å². The molecule has 0 atom stereocenters. The lowest BCUT2D eigenvalue weighted by Crippen LogP contribution is -2.43. The zero-order valence-electron chi connectivity index (χ0n) is 16.6. The molecule has 1 aliphatic rings. The van der Waals surface area contributed by atoms with Crippen molar-refractivity contribution >= 4 is 15.9 Å². The van der Waals surface area contributed by atoms with Crippen LogP contribution >= 0.6 is 0 Å². The van der Waals surface area contributed by atoms with Crippen molar-refractivity contribution in [3.05, 3.63) is 59.4 Å². The first kappa shape index (κ1) is 23.0. The van der Waals surface area contributed by atoms with Crippen LogP contribution < -0.4 is 10.1 Å². The van der Waals surface area contributed by atoms with Gasteiger partial charge in [0.05, 0.1) is 0 Å². The molecule has 1 N–H and O–H groups in total. The number of benzene rings is 2. The Morgan fingerprint density at radius 1 is 1.10 bits per heavy atom. The van der Waals surface area contributed by atoms with Gasteiger partial charge in [-0.25, -0.2) is 17.1 Å². The van der Waals surface area contributed by atoms with Gasteiger partial charge >= 0.3 is 6.36 Å². The predicted octanol–water partition coefficient (Wildman–Crippen LogP) is 3.65. The number of ether oxygens (including phenoxy) is 1. The van der Waals surface area contributed by atoms with Gasteiger partial charge in [0.15, 0.2) is 0 Å². The van der Waals surface area contributed by atoms with Gasteiger partial charge < -0.3 is 10.1 Å². The van der Waals surface area contributed by atoms with Gasteiger partial charge in [-0.1, -0.05) is 12.1 Å². The zero-order chi connectivity index (χ0) is 23.0. The van der Waals surface area contributed by atoms with Gasteiger partial charge in [0.2, 0.25) is 10.0 Å². The normalized spacial score (nSPS) is 19.1. The second-order valence-electron chi connectivity index (χ2n) is 7.39. The van der Waals surface area contributed by atoms with Gasteiger partial charge in [-0.15, -0.1) is 13.2 Å². The summed E-state index contributed by atoms with van der Waals surface area (Å²) in [6, 6.07) is 8.50. The van der Waals surface area contributed by atoms with Gasteiger partial charge in [-0.05, 0) is 54.7 Å². The van der Waals surface area contributed by atoms with E-state index in [4.69, 9.17) is 0 Å². The minimum atomic E-state index is -4.75. The van der Waals surface area contributed by atoms with E-state index in [1.165, 1.54) is 32.3 Å². The summed E-state index contributed by atoms with van der Waals surface area (Å²) in [6.45, 7) is 0. The molecule has 2 aromatic carbocycles. The van der Waals surface area contributed by atoms with Crippen molar-refractivity contribution in [3.63, 3.8) is 0 Å². The number of halogens is 4. The molecule has 1 amide bonds. The Hall–Kier alpha value is -2.66. The number of nitrogens with zero attached hydrogens (tertiary/aromatic N) is 1. The quantitative estimate of drug-likeness (QED) is 0.668. The molecular formula is C20H20F4N2O4S. The van der Waals surface area contributed by atoms with E-state index in [-0.39, 0.29) is 23.3 Å². The van der Waals surface area contributed by atoms with E-state index in [0.29, 0.717) is 12.8 Å². The van der Waals surface area contributed by atoms with Crippen molar-refractivity contribution < 1.29 is 35.5 Å². The molecule has 0 saturated heterocycles. The average molecular weight is 460 g/mol. The highest BCUT2D eigenvalue weighted by Gasteiger charge is 2.33. The summed E-state index contributed by atoms with van der Waals surface area (Å²) in [4.78, 5) is 11.9. The standard InChI is InChI=1S/C20H20F4N2O4S/c1-26(2)31(28,29)18-11-13(5-8-17(18)21)19(27)25-15-9-14(10-15)12-3-6-16(7-4-12)30-20(22,23)24/h3-8,11,14-15H,9-10H2,1-2H3,(H,25,27). The molecule has 31 heavy (non-hydrogen) atoms. The fourth-order valence-electron chi connectivity index (χ4n) is 3.26. The van der Waals surface area contributed by atoms with Crippen LogP contribution in [-0.4, -0.2) is 45.1 Å². The Morgan fingerprint density at radius 3 is 2.26 bits per heavy atom. The van der Waals surface area contributed by atoms with Gasteiger partial charge in [0, 0.05) is 25.7 Å². The lowest BCUT2D eigenvalue weighted by atomic mass is 9.76. The third-order valence-electron chi connectivity index (χ3n) is 5.01. The number of nitrogens with one attached hydrogen (secondary N) is 1. The van der Waals surface area contributed by atoms with Crippen LogP contribution in [0.25, 0.3) is 0 Å².